The molecule has 1 heterocycles. The van der Waals surface area contributed by atoms with E-state index in [1.54, 1.807) is 13.0 Å². The zero-order valence-electron chi connectivity index (χ0n) is 19.6. The molecule has 196 valence electrons. The normalized spacial score (nSPS) is 14.8. The molecule has 1 saturated heterocycles. The van der Waals surface area contributed by atoms with Crippen molar-refractivity contribution in [2.75, 3.05) is 36.3 Å². The second-order valence-electron chi connectivity index (χ2n) is 8.24. The van der Waals surface area contributed by atoms with E-state index in [4.69, 9.17) is 27.9 Å². The number of benzene rings is 3. The van der Waals surface area contributed by atoms with Gasteiger partial charge in [-0.3, -0.25) is 9.52 Å². The van der Waals surface area contributed by atoms with Crippen LogP contribution in [0, 0.1) is 6.92 Å². The minimum absolute atomic E-state index is 0.0128. The second kappa shape index (κ2) is 11.0. The van der Waals surface area contributed by atoms with Gasteiger partial charge in [0.15, 0.2) is 0 Å². The Labute approximate surface area is 225 Å². The van der Waals surface area contributed by atoms with Gasteiger partial charge in [-0.05, 0) is 67.1 Å². The molecule has 0 spiro atoms. The van der Waals surface area contributed by atoms with Gasteiger partial charge in [-0.2, -0.15) is 4.31 Å². The summed E-state index contributed by atoms with van der Waals surface area (Å²) in [7, 11) is -7.72. The number of halogens is 2. The largest absolute Gasteiger partial charge is 0.379 e. The van der Waals surface area contributed by atoms with Crippen LogP contribution in [0.2, 0.25) is 10.0 Å². The molecule has 9 nitrogen and oxygen atoms in total. The summed E-state index contributed by atoms with van der Waals surface area (Å²) in [4.78, 5) is 12.9. The molecule has 1 aliphatic rings. The maximum atomic E-state index is 13.0. The fraction of sp³-hybridized carbons (Fsp3) is 0.208. The summed E-state index contributed by atoms with van der Waals surface area (Å²) in [5, 5.41) is 3.24. The zero-order chi connectivity index (χ0) is 26.8. The number of morpholine rings is 1. The number of ether oxygens (including phenoxy) is 1. The molecule has 3 aromatic rings. The maximum Gasteiger partial charge on any atom is 0.261 e. The molecule has 0 atom stereocenters. The molecule has 37 heavy (non-hydrogen) atoms. The molecule has 4 rings (SSSR count). The minimum atomic E-state index is -3.94. The molecule has 13 heteroatoms. The molecular formula is C24H23Cl2N3O6S2. The number of nitrogens with zero attached hydrogens (tertiary/aromatic N) is 1. The van der Waals surface area contributed by atoms with Crippen molar-refractivity contribution in [3.8, 4) is 0 Å². The third-order valence-electron chi connectivity index (χ3n) is 5.60. The van der Waals surface area contributed by atoms with Gasteiger partial charge in [-0.25, -0.2) is 16.8 Å². The molecule has 0 aromatic heterocycles. The smallest absolute Gasteiger partial charge is 0.261 e. The highest BCUT2D eigenvalue weighted by molar-refractivity contribution is 7.92. The Balaban J connectivity index is 1.50. The number of carbonyl (C=O) groups is 1. The van der Waals surface area contributed by atoms with Gasteiger partial charge in [0.25, 0.3) is 15.9 Å². The maximum absolute atomic E-state index is 13.0. The number of amides is 1. The van der Waals surface area contributed by atoms with Crippen LogP contribution in [-0.4, -0.2) is 53.4 Å². The standard InChI is InChI=1S/C24H23Cl2N3O6S2/c1-16-2-5-22(37(33,34)29-8-10-35-11-9-29)15-23(16)24(30)27-19-3-6-21(7-4-19)36(31,32)28-20-13-17(25)12-18(26)14-20/h2-7,12-15,28H,8-11H2,1H3,(H,27,30). The molecule has 1 aliphatic heterocycles. The summed E-state index contributed by atoms with van der Waals surface area (Å²) in [5.41, 5.74) is 1.31. The number of nitrogens with one attached hydrogen (secondary N) is 2. The van der Waals surface area contributed by atoms with Gasteiger partial charge in [0.2, 0.25) is 10.0 Å². The van der Waals surface area contributed by atoms with E-state index in [-0.39, 0.29) is 44.2 Å². The molecular weight excluding hydrogens is 561 g/mol. The molecule has 0 aliphatic carbocycles. The SMILES string of the molecule is Cc1ccc(S(=O)(=O)N2CCOCC2)cc1C(=O)Nc1ccc(S(=O)(=O)Nc2cc(Cl)cc(Cl)c2)cc1. The Morgan fingerprint density at radius 3 is 2.05 bits per heavy atom. The van der Waals surface area contributed by atoms with E-state index in [2.05, 4.69) is 10.0 Å². The van der Waals surface area contributed by atoms with E-state index >= 15 is 0 Å². The number of carbonyl (C=O) groups excluding carboxylic acids is 1. The Morgan fingerprint density at radius 1 is 0.838 bits per heavy atom. The molecule has 1 fully saturated rings. The number of anilines is 2. The van der Waals surface area contributed by atoms with Gasteiger partial charge in [0, 0.05) is 34.4 Å². The fourth-order valence-electron chi connectivity index (χ4n) is 3.68. The third-order valence-corrected chi connectivity index (χ3v) is 9.33. The first-order chi connectivity index (χ1) is 17.5. The quantitative estimate of drug-likeness (QED) is 0.425. The molecule has 2 N–H and O–H groups in total. The van der Waals surface area contributed by atoms with Crippen molar-refractivity contribution in [3.63, 3.8) is 0 Å². The van der Waals surface area contributed by atoms with Crippen LogP contribution in [0.1, 0.15) is 15.9 Å². The van der Waals surface area contributed by atoms with Crippen LogP contribution in [0.3, 0.4) is 0 Å². The monoisotopic (exact) mass is 583 g/mol. The summed E-state index contributed by atoms with van der Waals surface area (Å²) in [5.74, 6) is -0.529. The average molecular weight is 585 g/mol. The second-order valence-corrected chi connectivity index (χ2v) is 12.7. The van der Waals surface area contributed by atoms with Crippen molar-refractivity contribution in [2.24, 2.45) is 0 Å². The highest BCUT2D eigenvalue weighted by atomic mass is 35.5. The van der Waals surface area contributed by atoms with E-state index in [9.17, 15) is 21.6 Å². The van der Waals surface area contributed by atoms with Gasteiger partial charge in [-0.15, -0.1) is 0 Å². The predicted molar refractivity (Wildman–Crippen MR) is 142 cm³/mol. The van der Waals surface area contributed by atoms with Crippen molar-refractivity contribution >= 4 is 60.5 Å². The summed E-state index contributed by atoms with van der Waals surface area (Å²) in [6, 6.07) is 14.2. The van der Waals surface area contributed by atoms with Gasteiger partial charge in [-0.1, -0.05) is 29.3 Å². The van der Waals surface area contributed by atoms with Gasteiger partial charge >= 0.3 is 0 Å². The highest BCUT2D eigenvalue weighted by Crippen LogP contribution is 2.26. The van der Waals surface area contributed by atoms with Crippen LogP contribution < -0.4 is 10.0 Å². The Kier molecular flexibility index (Phi) is 8.12. The Morgan fingerprint density at radius 2 is 1.43 bits per heavy atom. The summed E-state index contributed by atoms with van der Waals surface area (Å²) in [6.45, 7) is 2.81. The topological polar surface area (TPSA) is 122 Å². The lowest BCUT2D eigenvalue weighted by Gasteiger charge is -2.26. The molecule has 0 unspecified atom stereocenters. The van der Waals surface area contributed by atoms with Crippen molar-refractivity contribution < 1.29 is 26.4 Å². The first-order valence-electron chi connectivity index (χ1n) is 11.0. The van der Waals surface area contributed by atoms with Crippen molar-refractivity contribution in [3.05, 3.63) is 81.8 Å². The molecule has 0 bridgehead atoms. The number of hydrogen-bond donors (Lipinski definition) is 2. The fourth-order valence-corrected chi connectivity index (χ4v) is 6.69. The number of sulfonamides is 2. The van der Waals surface area contributed by atoms with Crippen molar-refractivity contribution in [2.45, 2.75) is 16.7 Å². The lowest BCUT2D eigenvalue weighted by molar-refractivity contribution is 0.0730. The van der Waals surface area contributed by atoms with E-state index < -0.39 is 26.0 Å². The molecule has 1 amide bonds. The number of hydrogen-bond acceptors (Lipinski definition) is 6. The van der Waals surface area contributed by atoms with Crippen LogP contribution in [0.4, 0.5) is 11.4 Å². The van der Waals surface area contributed by atoms with Crippen LogP contribution in [-0.2, 0) is 24.8 Å². The predicted octanol–water partition coefficient (Wildman–Crippen LogP) is 4.38. The highest BCUT2D eigenvalue weighted by Gasteiger charge is 2.27. The van der Waals surface area contributed by atoms with Crippen LogP contribution >= 0.6 is 23.2 Å². The summed E-state index contributed by atoms with van der Waals surface area (Å²) < 4.78 is 60.4. The molecule has 0 radical (unpaired) electrons. The zero-order valence-corrected chi connectivity index (χ0v) is 22.7. The van der Waals surface area contributed by atoms with Gasteiger partial charge < -0.3 is 10.1 Å². The first-order valence-corrected chi connectivity index (χ1v) is 14.7. The van der Waals surface area contributed by atoms with Crippen LogP contribution in [0.25, 0.3) is 0 Å². The average Bonchev–Trinajstić information content (AvgIpc) is 2.84. The molecule has 0 saturated carbocycles. The number of aryl methyl sites for hydroxylation is 1. The number of rotatable bonds is 7. The van der Waals surface area contributed by atoms with Gasteiger partial charge in [0.1, 0.15) is 0 Å². The van der Waals surface area contributed by atoms with E-state index in [1.807, 2.05) is 0 Å². The lowest BCUT2D eigenvalue weighted by atomic mass is 10.1. The summed E-state index contributed by atoms with van der Waals surface area (Å²) in [6.07, 6.45) is 0. The van der Waals surface area contributed by atoms with E-state index in [0.29, 0.717) is 24.5 Å². The van der Waals surface area contributed by atoms with Gasteiger partial charge in [0.05, 0.1) is 28.7 Å². The summed E-state index contributed by atoms with van der Waals surface area (Å²) >= 11 is 11.9. The Hall–Kier alpha value is -2.67. The first kappa shape index (κ1) is 27.4. The van der Waals surface area contributed by atoms with E-state index in [1.165, 1.54) is 58.9 Å². The van der Waals surface area contributed by atoms with Crippen LogP contribution in [0.15, 0.2) is 70.5 Å². The Bertz CT molecular complexity index is 1520. The third kappa shape index (κ3) is 6.43. The van der Waals surface area contributed by atoms with Crippen LogP contribution in [0.5, 0.6) is 0 Å². The minimum Gasteiger partial charge on any atom is -0.379 e. The van der Waals surface area contributed by atoms with E-state index in [0.717, 1.165) is 0 Å². The lowest BCUT2D eigenvalue weighted by Crippen LogP contribution is -2.40. The molecule has 3 aromatic carbocycles. The van der Waals surface area contributed by atoms with Crippen molar-refractivity contribution in [1.29, 1.82) is 0 Å². The van der Waals surface area contributed by atoms with Crippen molar-refractivity contribution in [1.82, 2.24) is 4.31 Å².